The fraction of sp³-hybridized carbons (Fsp3) is 0.588. The number of aryl methyl sites for hydroxylation is 2. The van der Waals surface area contributed by atoms with E-state index >= 15 is 0 Å². The number of benzene rings is 1. The lowest BCUT2D eigenvalue weighted by molar-refractivity contribution is -0.148. The molecule has 4 heteroatoms. The zero-order chi connectivity index (χ0) is 15.2. The summed E-state index contributed by atoms with van der Waals surface area (Å²) < 4.78 is 10.7. The van der Waals surface area contributed by atoms with E-state index in [0.717, 1.165) is 38.1 Å². The lowest BCUT2D eigenvalue weighted by Gasteiger charge is -2.33. The average Bonchev–Trinajstić information content (AvgIpc) is 2.46. The van der Waals surface area contributed by atoms with Gasteiger partial charge in [-0.15, -0.1) is 0 Å². The SMILES string of the molecule is COC(=O)C1CCCCN1CCOc1cc(C)cc(C)c1. The predicted octanol–water partition coefficient (Wildman–Crippen LogP) is 2.71. The number of ether oxygens (including phenoxy) is 2. The molecule has 0 aromatic heterocycles. The van der Waals surface area contributed by atoms with E-state index in [9.17, 15) is 4.79 Å². The van der Waals surface area contributed by atoms with E-state index in [2.05, 4.69) is 24.8 Å². The van der Waals surface area contributed by atoms with Crippen LogP contribution in [0.25, 0.3) is 0 Å². The number of rotatable bonds is 5. The van der Waals surface area contributed by atoms with Crippen molar-refractivity contribution < 1.29 is 14.3 Å². The monoisotopic (exact) mass is 291 g/mol. The molecular formula is C17H25NO3. The second-order valence-corrected chi connectivity index (χ2v) is 5.74. The van der Waals surface area contributed by atoms with Crippen molar-refractivity contribution in [3.05, 3.63) is 29.3 Å². The highest BCUT2D eigenvalue weighted by atomic mass is 16.5. The van der Waals surface area contributed by atoms with E-state index in [4.69, 9.17) is 9.47 Å². The lowest BCUT2D eigenvalue weighted by Crippen LogP contribution is -2.46. The molecule has 0 amide bonds. The van der Waals surface area contributed by atoms with Crippen molar-refractivity contribution in [1.82, 2.24) is 4.90 Å². The van der Waals surface area contributed by atoms with Gasteiger partial charge in [0, 0.05) is 6.54 Å². The number of carbonyl (C=O) groups is 1. The number of likely N-dealkylation sites (tertiary alicyclic amines) is 1. The van der Waals surface area contributed by atoms with Gasteiger partial charge in [0.05, 0.1) is 7.11 Å². The third kappa shape index (κ3) is 4.46. The summed E-state index contributed by atoms with van der Waals surface area (Å²) in [6.07, 6.45) is 3.11. The van der Waals surface area contributed by atoms with Gasteiger partial charge in [0.2, 0.25) is 0 Å². The lowest BCUT2D eigenvalue weighted by atomic mass is 10.0. The second kappa shape index (κ2) is 7.46. The predicted molar refractivity (Wildman–Crippen MR) is 82.6 cm³/mol. The Morgan fingerprint density at radius 2 is 1.95 bits per heavy atom. The summed E-state index contributed by atoms with van der Waals surface area (Å²) in [6.45, 7) is 6.43. The van der Waals surface area contributed by atoms with Crippen LogP contribution in [-0.4, -0.2) is 43.7 Å². The van der Waals surface area contributed by atoms with E-state index in [1.807, 2.05) is 12.1 Å². The van der Waals surface area contributed by atoms with Gasteiger partial charge in [-0.25, -0.2) is 0 Å². The minimum absolute atomic E-state index is 0.105. The van der Waals surface area contributed by atoms with Crippen molar-refractivity contribution in [2.24, 2.45) is 0 Å². The number of carbonyl (C=O) groups excluding carboxylic acids is 1. The molecule has 1 aromatic carbocycles. The zero-order valence-electron chi connectivity index (χ0n) is 13.2. The van der Waals surface area contributed by atoms with Gasteiger partial charge >= 0.3 is 5.97 Å². The standard InChI is InChI=1S/C17H25NO3/c1-13-10-14(2)12-15(11-13)21-9-8-18-7-5-4-6-16(18)17(19)20-3/h10-12,16H,4-9H2,1-3H3. The van der Waals surface area contributed by atoms with Crippen molar-refractivity contribution in [3.63, 3.8) is 0 Å². The Morgan fingerprint density at radius 1 is 1.24 bits per heavy atom. The van der Waals surface area contributed by atoms with Crippen LogP contribution in [0, 0.1) is 13.8 Å². The largest absolute Gasteiger partial charge is 0.492 e. The Hall–Kier alpha value is -1.55. The summed E-state index contributed by atoms with van der Waals surface area (Å²) >= 11 is 0. The van der Waals surface area contributed by atoms with Crippen molar-refractivity contribution in [2.45, 2.75) is 39.2 Å². The molecule has 0 aliphatic carbocycles. The first-order valence-electron chi connectivity index (χ1n) is 7.63. The van der Waals surface area contributed by atoms with E-state index in [1.165, 1.54) is 18.2 Å². The number of esters is 1. The molecule has 1 atom stereocenters. The number of hydrogen-bond donors (Lipinski definition) is 0. The first-order chi connectivity index (χ1) is 10.1. The summed E-state index contributed by atoms with van der Waals surface area (Å²) in [5.41, 5.74) is 2.41. The van der Waals surface area contributed by atoms with E-state index in [0.29, 0.717) is 6.61 Å². The Labute approximate surface area is 127 Å². The molecule has 1 saturated heterocycles. The van der Waals surface area contributed by atoms with Crippen LogP contribution >= 0.6 is 0 Å². The van der Waals surface area contributed by atoms with Gasteiger partial charge in [-0.2, -0.15) is 0 Å². The summed E-state index contributed by atoms with van der Waals surface area (Å²) in [6, 6.07) is 6.11. The average molecular weight is 291 g/mol. The quantitative estimate of drug-likeness (QED) is 0.782. The second-order valence-electron chi connectivity index (χ2n) is 5.74. The van der Waals surface area contributed by atoms with E-state index in [1.54, 1.807) is 0 Å². The van der Waals surface area contributed by atoms with Crippen LogP contribution in [0.1, 0.15) is 30.4 Å². The van der Waals surface area contributed by atoms with Crippen LogP contribution in [0.4, 0.5) is 0 Å². The molecular weight excluding hydrogens is 266 g/mol. The summed E-state index contributed by atoms with van der Waals surface area (Å²) in [7, 11) is 1.46. The fourth-order valence-corrected chi connectivity index (χ4v) is 2.96. The van der Waals surface area contributed by atoms with Gasteiger partial charge in [-0.3, -0.25) is 9.69 Å². The highest BCUT2D eigenvalue weighted by Gasteiger charge is 2.29. The normalized spacial score (nSPS) is 19.3. The van der Waals surface area contributed by atoms with E-state index < -0.39 is 0 Å². The molecule has 0 N–H and O–H groups in total. The van der Waals surface area contributed by atoms with Crippen LogP contribution < -0.4 is 4.74 Å². The molecule has 1 aromatic rings. The maximum absolute atomic E-state index is 11.8. The Bertz CT molecular complexity index is 467. The zero-order valence-corrected chi connectivity index (χ0v) is 13.2. The van der Waals surface area contributed by atoms with Gasteiger partial charge in [-0.1, -0.05) is 12.5 Å². The summed E-state index contributed by atoms with van der Waals surface area (Å²) in [4.78, 5) is 14.0. The maximum Gasteiger partial charge on any atom is 0.323 e. The molecule has 1 fully saturated rings. The highest BCUT2D eigenvalue weighted by Crippen LogP contribution is 2.19. The van der Waals surface area contributed by atoms with Crippen molar-refractivity contribution >= 4 is 5.97 Å². The topological polar surface area (TPSA) is 38.8 Å². The molecule has 1 aliphatic rings. The first kappa shape index (κ1) is 15.8. The van der Waals surface area contributed by atoms with Gasteiger partial charge in [0.15, 0.2) is 0 Å². The molecule has 0 saturated carbocycles. The number of methoxy groups -OCH3 is 1. The summed E-state index contributed by atoms with van der Waals surface area (Å²) in [5.74, 6) is 0.778. The van der Waals surface area contributed by atoms with Gasteiger partial charge < -0.3 is 9.47 Å². The van der Waals surface area contributed by atoms with Gasteiger partial charge in [0.1, 0.15) is 18.4 Å². The third-order valence-electron chi connectivity index (χ3n) is 3.93. The van der Waals surface area contributed by atoms with Crippen LogP contribution in [0.15, 0.2) is 18.2 Å². The third-order valence-corrected chi connectivity index (χ3v) is 3.93. The molecule has 1 aliphatic heterocycles. The molecule has 0 spiro atoms. The van der Waals surface area contributed by atoms with Crippen molar-refractivity contribution in [3.8, 4) is 5.75 Å². The first-order valence-corrected chi connectivity index (χ1v) is 7.63. The fourth-order valence-electron chi connectivity index (χ4n) is 2.96. The van der Waals surface area contributed by atoms with Gasteiger partial charge in [-0.05, 0) is 56.5 Å². The Kier molecular flexibility index (Phi) is 5.62. The Morgan fingerprint density at radius 3 is 2.62 bits per heavy atom. The van der Waals surface area contributed by atoms with Crippen molar-refractivity contribution in [1.29, 1.82) is 0 Å². The smallest absolute Gasteiger partial charge is 0.323 e. The van der Waals surface area contributed by atoms with Crippen LogP contribution in [0.2, 0.25) is 0 Å². The highest BCUT2D eigenvalue weighted by molar-refractivity contribution is 5.75. The molecule has 21 heavy (non-hydrogen) atoms. The van der Waals surface area contributed by atoms with E-state index in [-0.39, 0.29) is 12.0 Å². The number of hydrogen-bond acceptors (Lipinski definition) is 4. The molecule has 1 heterocycles. The molecule has 0 bridgehead atoms. The van der Waals surface area contributed by atoms with Crippen LogP contribution in [0.3, 0.4) is 0 Å². The minimum Gasteiger partial charge on any atom is -0.492 e. The van der Waals surface area contributed by atoms with Crippen LogP contribution in [-0.2, 0) is 9.53 Å². The summed E-state index contributed by atoms with van der Waals surface area (Å²) in [5, 5.41) is 0. The molecule has 116 valence electrons. The van der Waals surface area contributed by atoms with Crippen LogP contribution in [0.5, 0.6) is 5.75 Å². The molecule has 2 rings (SSSR count). The number of piperidine rings is 1. The molecule has 4 nitrogen and oxygen atoms in total. The molecule has 1 unspecified atom stereocenters. The minimum atomic E-state index is -0.124. The van der Waals surface area contributed by atoms with Crippen molar-refractivity contribution in [2.75, 3.05) is 26.8 Å². The maximum atomic E-state index is 11.8. The number of nitrogens with zero attached hydrogens (tertiary/aromatic N) is 1. The Balaban J connectivity index is 1.87. The van der Waals surface area contributed by atoms with Gasteiger partial charge in [0.25, 0.3) is 0 Å². The molecule has 0 radical (unpaired) electrons.